The maximum Gasteiger partial charge on any atom is 0.348 e. The Morgan fingerprint density at radius 2 is 1.26 bits per heavy atom. The van der Waals surface area contributed by atoms with Crippen LogP contribution in [0.15, 0.2) is 85.2 Å². The Balaban J connectivity index is 0.000000275. The second-order valence-electron chi connectivity index (χ2n) is 8.85. The van der Waals surface area contributed by atoms with Gasteiger partial charge in [-0.15, -0.1) is 0 Å². The molecule has 1 saturated heterocycles. The number of rotatable bonds is 8. The van der Waals surface area contributed by atoms with E-state index in [-0.39, 0.29) is 0 Å². The first kappa shape index (κ1) is 28.3. The zero-order valence-corrected chi connectivity index (χ0v) is 20.6. The fraction of sp³-hybridized carbons (Fsp3) is 0.250. The largest absolute Gasteiger partial charge is 0.479 e. The van der Waals surface area contributed by atoms with Gasteiger partial charge in [-0.05, 0) is 38.1 Å². The van der Waals surface area contributed by atoms with E-state index < -0.39 is 45.8 Å². The second-order valence-corrected chi connectivity index (χ2v) is 8.85. The summed E-state index contributed by atoms with van der Waals surface area (Å²) in [4.78, 5) is 55.1. The molecule has 1 fully saturated rings. The van der Waals surface area contributed by atoms with E-state index in [4.69, 9.17) is 0 Å². The highest BCUT2D eigenvalue weighted by molar-refractivity contribution is 6.28. The van der Waals surface area contributed by atoms with Crippen molar-refractivity contribution in [2.24, 2.45) is 0 Å². The van der Waals surface area contributed by atoms with E-state index in [2.05, 4.69) is 23.0 Å². The SMILES string of the molecule is CN1CCCC1c1cccnc1.O=C(O)[C@@](O)(C(=O)c1ccccc1)[C@@](O)(C(=O)O)C(=O)c1ccccc1. The number of benzene rings is 2. The molecule has 2 heterocycles. The molecule has 10 heteroatoms. The zero-order chi connectivity index (χ0) is 27.9. The van der Waals surface area contributed by atoms with Gasteiger partial charge in [0.15, 0.2) is 0 Å². The van der Waals surface area contributed by atoms with Gasteiger partial charge in [0.2, 0.25) is 11.6 Å². The Morgan fingerprint density at radius 3 is 1.61 bits per heavy atom. The molecule has 1 aliphatic heterocycles. The molecule has 0 amide bonds. The number of carbonyl (C=O) groups excluding carboxylic acids is 2. The molecule has 1 aromatic heterocycles. The molecule has 198 valence electrons. The van der Waals surface area contributed by atoms with Crippen molar-refractivity contribution in [1.82, 2.24) is 9.88 Å². The minimum atomic E-state index is -3.95. The van der Waals surface area contributed by atoms with Crippen molar-refractivity contribution >= 4 is 23.5 Å². The van der Waals surface area contributed by atoms with Gasteiger partial charge in [0.25, 0.3) is 11.2 Å². The van der Waals surface area contributed by atoms with Crippen LogP contribution in [0, 0.1) is 0 Å². The molecular formula is C28H28N2O8. The highest BCUT2D eigenvalue weighted by Crippen LogP contribution is 2.32. The first-order valence-corrected chi connectivity index (χ1v) is 11.8. The molecule has 2 aromatic carbocycles. The zero-order valence-electron chi connectivity index (χ0n) is 20.6. The molecule has 3 aromatic rings. The monoisotopic (exact) mass is 520 g/mol. The normalized spacial score (nSPS) is 18.2. The van der Waals surface area contributed by atoms with Crippen LogP contribution in [0.25, 0.3) is 0 Å². The first-order chi connectivity index (χ1) is 18.0. The summed E-state index contributed by atoms with van der Waals surface area (Å²) in [5, 5.41) is 39.9. The molecule has 10 nitrogen and oxygen atoms in total. The van der Waals surface area contributed by atoms with E-state index in [0.29, 0.717) is 6.04 Å². The maximum atomic E-state index is 12.6. The highest BCUT2D eigenvalue weighted by atomic mass is 16.5. The minimum Gasteiger partial charge on any atom is -0.479 e. The van der Waals surface area contributed by atoms with Gasteiger partial charge in [-0.2, -0.15) is 0 Å². The lowest BCUT2D eigenvalue weighted by molar-refractivity contribution is -0.187. The lowest BCUT2D eigenvalue weighted by Gasteiger charge is -2.34. The van der Waals surface area contributed by atoms with Gasteiger partial charge >= 0.3 is 11.9 Å². The molecule has 0 bridgehead atoms. The van der Waals surface area contributed by atoms with Gasteiger partial charge in [-0.25, -0.2) is 9.59 Å². The summed E-state index contributed by atoms with van der Waals surface area (Å²) in [6.45, 7) is 1.22. The topological polar surface area (TPSA) is 165 Å². The summed E-state index contributed by atoms with van der Waals surface area (Å²) in [6, 6.07) is 17.6. The summed E-state index contributed by atoms with van der Waals surface area (Å²) in [5.74, 6) is -8.03. The van der Waals surface area contributed by atoms with Crippen molar-refractivity contribution in [3.05, 3.63) is 102 Å². The number of hydrogen-bond acceptors (Lipinski definition) is 8. The summed E-state index contributed by atoms with van der Waals surface area (Å²) in [6.07, 6.45) is 6.41. The standard InChI is InChI=1S/C18H14O8.C10H14N2/c19-13(11-7-3-1-4-8-11)17(25,15(21)22)18(26,16(23)24)14(20)12-9-5-2-6-10-12;1-12-7-3-5-10(12)9-4-2-6-11-8-9/h1-10,25-26H,(H,21,22)(H,23,24);2,4,6,8,10H,3,5,7H2,1H3/t17-,18-;/m0./s1. The number of aliphatic hydroxyl groups is 2. The Hall–Kier alpha value is -4.25. The fourth-order valence-corrected chi connectivity index (χ4v) is 4.33. The number of hydrogen-bond donors (Lipinski definition) is 4. The summed E-state index contributed by atoms with van der Waals surface area (Å²) in [5.41, 5.74) is -7.33. The number of nitrogens with zero attached hydrogens (tertiary/aromatic N) is 2. The van der Waals surface area contributed by atoms with E-state index >= 15 is 0 Å². The first-order valence-electron chi connectivity index (χ1n) is 11.8. The van der Waals surface area contributed by atoms with Crippen LogP contribution in [0.4, 0.5) is 0 Å². The quantitative estimate of drug-likeness (QED) is 0.256. The smallest absolute Gasteiger partial charge is 0.348 e. The number of ketones is 2. The lowest BCUT2D eigenvalue weighted by atomic mass is 9.73. The van der Waals surface area contributed by atoms with Gasteiger partial charge < -0.3 is 20.4 Å². The van der Waals surface area contributed by atoms with Gasteiger partial charge in [-0.3, -0.25) is 19.5 Å². The van der Waals surface area contributed by atoms with Crippen LogP contribution in [0.2, 0.25) is 0 Å². The summed E-state index contributed by atoms with van der Waals surface area (Å²) < 4.78 is 0. The number of Topliss-reactive ketones (excluding diaryl/α,β-unsaturated/α-hetero) is 2. The molecule has 3 atom stereocenters. The summed E-state index contributed by atoms with van der Waals surface area (Å²) in [7, 11) is 2.19. The van der Waals surface area contributed by atoms with Crippen LogP contribution in [0.1, 0.15) is 45.2 Å². The van der Waals surface area contributed by atoms with Crippen LogP contribution >= 0.6 is 0 Å². The van der Waals surface area contributed by atoms with Crippen LogP contribution in [-0.4, -0.2) is 78.6 Å². The minimum absolute atomic E-state index is 0.391. The number of aromatic nitrogens is 1. The second kappa shape index (κ2) is 11.9. The predicted octanol–water partition coefficient (Wildman–Crippen LogP) is 2.23. The Morgan fingerprint density at radius 1 is 0.789 bits per heavy atom. The van der Waals surface area contributed by atoms with Crippen LogP contribution in [0.3, 0.4) is 0 Å². The molecule has 1 aliphatic rings. The molecule has 1 unspecified atom stereocenters. The van der Waals surface area contributed by atoms with E-state index in [1.54, 1.807) is 0 Å². The van der Waals surface area contributed by atoms with Crippen LogP contribution in [-0.2, 0) is 9.59 Å². The van der Waals surface area contributed by atoms with E-state index in [0.717, 1.165) is 24.3 Å². The summed E-state index contributed by atoms with van der Waals surface area (Å²) >= 11 is 0. The van der Waals surface area contributed by atoms with Gasteiger partial charge in [0, 0.05) is 29.6 Å². The number of carboxylic acids is 2. The Bertz CT molecular complexity index is 1210. The van der Waals surface area contributed by atoms with Crippen LogP contribution in [0.5, 0.6) is 0 Å². The van der Waals surface area contributed by atoms with Crippen molar-refractivity contribution in [3.8, 4) is 0 Å². The van der Waals surface area contributed by atoms with E-state index in [1.165, 1.54) is 61.3 Å². The predicted molar refractivity (Wildman–Crippen MR) is 136 cm³/mol. The number of aliphatic carboxylic acids is 2. The fourth-order valence-electron chi connectivity index (χ4n) is 4.33. The van der Waals surface area contributed by atoms with Crippen molar-refractivity contribution in [1.29, 1.82) is 0 Å². The maximum absolute atomic E-state index is 12.6. The average molecular weight is 521 g/mol. The molecule has 0 saturated carbocycles. The van der Waals surface area contributed by atoms with Crippen molar-refractivity contribution in [3.63, 3.8) is 0 Å². The molecule has 0 aliphatic carbocycles. The Labute approximate surface area is 218 Å². The third kappa shape index (κ3) is 5.37. The Kier molecular flexibility index (Phi) is 8.84. The van der Waals surface area contributed by atoms with Gasteiger partial charge in [0.1, 0.15) is 0 Å². The molecule has 4 rings (SSSR count). The average Bonchev–Trinajstić information content (AvgIpc) is 3.38. The molecule has 0 radical (unpaired) electrons. The van der Waals surface area contributed by atoms with E-state index in [1.807, 2.05) is 18.5 Å². The number of carboxylic acid groups (broad SMARTS) is 2. The van der Waals surface area contributed by atoms with Crippen molar-refractivity contribution < 1.29 is 39.6 Å². The van der Waals surface area contributed by atoms with Crippen LogP contribution < -0.4 is 0 Å². The molecular weight excluding hydrogens is 492 g/mol. The molecule has 0 spiro atoms. The van der Waals surface area contributed by atoms with Gasteiger partial charge in [-0.1, -0.05) is 66.7 Å². The third-order valence-electron chi connectivity index (χ3n) is 6.46. The van der Waals surface area contributed by atoms with E-state index in [9.17, 15) is 39.6 Å². The molecule has 4 N–H and O–H groups in total. The highest BCUT2D eigenvalue weighted by Gasteiger charge is 2.69. The lowest BCUT2D eigenvalue weighted by Crippen LogP contribution is -2.71. The molecule has 38 heavy (non-hydrogen) atoms. The van der Waals surface area contributed by atoms with Crippen molar-refractivity contribution in [2.45, 2.75) is 30.1 Å². The van der Waals surface area contributed by atoms with Gasteiger partial charge in [0.05, 0.1) is 0 Å². The van der Waals surface area contributed by atoms with Crippen molar-refractivity contribution in [2.75, 3.05) is 13.6 Å². The third-order valence-corrected chi connectivity index (χ3v) is 6.46. The number of carbonyl (C=O) groups is 4. The number of likely N-dealkylation sites (tertiary alicyclic amines) is 1. The number of pyridine rings is 1.